The van der Waals surface area contributed by atoms with Gasteiger partial charge in [0.2, 0.25) is 6.79 Å². The molecule has 3 heteroatoms. The van der Waals surface area contributed by atoms with Gasteiger partial charge in [-0.25, -0.2) is 4.89 Å². The van der Waals surface area contributed by atoms with E-state index >= 15 is 0 Å². The van der Waals surface area contributed by atoms with Crippen LogP contribution in [0.3, 0.4) is 0 Å². The molecular formula is C11H20O3. The minimum atomic E-state index is 0.184. The highest BCUT2D eigenvalue weighted by molar-refractivity contribution is 4.78. The number of allylic oxidation sites excluding steroid dienone is 1. The van der Waals surface area contributed by atoms with Crippen LogP contribution in [0.4, 0.5) is 0 Å². The number of hydrogen-bond acceptors (Lipinski definition) is 3. The summed E-state index contributed by atoms with van der Waals surface area (Å²) in [6.45, 7) is 4.47. The topological polar surface area (TPSA) is 27.7 Å². The lowest BCUT2D eigenvalue weighted by Crippen LogP contribution is -2.21. The third-order valence-corrected chi connectivity index (χ3v) is 2.52. The lowest BCUT2D eigenvalue weighted by atomic mass is 9.97. The molecule has 0 aliphatic heterocycles. The summed E-state index contributed by atoms with van der Waals surface area (Å²) in [6, 6.07) is 0. The molecule has 0 spiro atoms. The minimum Gasteiger partial charge on any atom is -0.473 e. The van der Waals surface area contributed by atoms with E-state index in [1.807, 2.05) is 6.08 Å². The van der Waals surface area contributed by atoms with Gasteiger partial charge in [-0.15, -0.1) is 0 Å². The molecule has 1 rings (SSSR count). The van der Waals surface area contributed by atoms with E-state index in [4.69, 9.17) is 14.5 Å². The summed E-state index contributed by atoms with van der Waals surface area (Å²) in [6.07, 6.45) is 8.61. The van der Waals surface area contributed by atoms with Crippen LogP contribution in [0.1, 0.15) is 39.5 Å². The maximum Gasteiger partial charge on any atom is 0.220 e. The first-order chi connectivity index (χ1) is 6.83. The molecular weight excluding hydrogens is 180 g/mol. The fourth-order valence-electron chi connectivity index (χ4n) is 0.984. The van der Waals surface area contributed by atoms with Crippen molar-refractivity contribution in [1.82, 2.24) is 0 Å². The zero-order chi connectivity index (χ0) is 10.2. The van der Waals surface area contributed by atoms with Crippen molar-refractivity contribution in [1.29, 1.82) is 0 Å². The molecule has 82 valence electrons. The molecule has 3 nitrogen and oxygen atoms in total. The molecule has 1 atom stereocenters. The van der Waals surface area contributed by atoms with Crippen molar-refractivity contribution in [3.05, 3.63) is 12.3 Å². The molecule has 0 aromatic rings. The summed E-state index contributed by atoms with van der Waals surface area (Å²) in [5.41, 5.74) is 0. The average Bonchev–Trinajstić information content (AvgIpc) is 2.13. The first-order valence-corrected chi connectivity index (χ1v) is 5.39. The van der Waals surface area contributed by atoms with Crippen molar-refractivity contribution < 1.29 is 14.5 Å². The average molecular weight is 200 g/mol. The maximum absolute atomic E-state index is 5.10. The van der Waals surface area contributed by atoms with Gasteiger partial charge in [-0.05, 0) is 37.7 Å². The molecule has 0 amide bonds. The van der Waals surface area contributed by atoms with Crippen LogP contribution in [0.2, 0.25) is 0 Å². The van der Waals surface area contributed by atoms with Crippen molar-refractivity contribution in [3.63, 3.8) is 0 Å². The monoisotopic (exact) mass is 200 g/mol. The fourth-order valence-corrected chi connectivity index (χ4v) is 0.984. The van der Waals surface area contributed by atoms with Gasteiger partial charge in [0.15, 0.2) is 0 Å². The number of hydrogen-bond donors (Lipinski definition) is 0. The molecule has 0 N–H and O–H groups in total. The van der Waals surface area contributed by atoms with E-state index in [2.05, 4.69) is 13.8 Å². The Morgan fingerprint density at radius 3 is 2.79 bits per heavy atom. The first-order valence-electron chi connectivity index (χ1n) is 5.39. The molecule has 1 aliphatic carbocycles. The highest BCUT2D eigenvalue weighted by atomic mass is 17.2. The normalized spacial score (nSPS) is 19.6. The van der Waals surface area contributed by atoms with Crippen LogP contribution in [-0.4, -0.2) is 12.9 Å². The summed E-state index contributed by atoms with van der Waals surface area (Å²) in [4.78, 5) is 9.93. The van der Waals surface area contributed by atoms with E-state index in [1.54, 1.807) is 6.26 Å². The molecule has 0 saturated heterocycles. The molecule has 0 radical (unpaired) electrons. The predicted octanol–water partition coefficient (Wildman–Crippen LogP) is 3.02. The van der Waals surface area contributed by atoms with E-state index in [1.165, 1.54) is 6.42 Å². The lowest BCUT2D eigenvalue weighted by molar-refractivity contribution is -0.364. The predicted molar refractivity (Wildman–Crippen MR) is 54.4 cm³/mol. The van der Waals surface area contributed by atoms with Crippen LogP contribution in [-0.2, 0) is 14.5 Å². The molecule has 14 heavy (non-hydrogen) atoms. The summed E-state index contributed by atoms with van der Waals surface area (Å²) < 4.78 is 5.10. The molecule has 0 aromatic carbocycles. The van der Waals surface area contributed by atoms with Crippen molar-refractivity contribution in [2.24, 2.45) is 5.92 Å². The molecule has 1 aliphatic rings. The molecule has 0 bridgehead atoms. The Morgan fingerprint density at radius 1 is 1.43 bits per heavy atom. The van der Waals surface area contributed by atoms with E-state index < -0.39 is 0 Å². The van der Waals surface area contributed by atoms with Crippen LogP contribution in [0.25, 0.3) is 0 Å². The highest BCUT2D eigenvalue weighted by Crippen LogP contribution is 2.21. The van der Waals surface area contributed by atoms with Crippen LogP contribution in [0, 0.1) is 5.92 Å². The Labute approximate surface area is 86.0 Å². The Bertz CT molecular complexity index is 164. The van der Waals surface area contributed by atoms with Crippen molar-refractivity contribution >= 4 is 0 Å². The van der Waals surface area contributed by atoms with E-state index in [0.29, 0.717) is 12.0 Å². The van der Waals surface area contributed by atoms with Crippen molar-refractivity contribution in [3.8, 4) is 0 Å². The van der Waals surface area contributed by atoms with E-state index in [9.17, 15) is 0 Å². The van der Waals surface area contributed by atoms with Crippen molar-refractivity contribution in [2.45, 2.75) is 45.6 Å². The summed E-state index contributed by atoms with van der Waals surface area (Å²) in [5.74, 6) is 0.558. The van der Waals surface area contributed by atoms with Gasteiger partial charge in [0.1, 0.15) is 0 Å². The Balaban J connectivity index is 1.85. The zero-order valence-electron chi connectivity index (χ0n) is 9.07. The smallest absolute Gasteiger partial charge is 0.220 e. The summed E-state index contributed by atoms with van der Waals surface area (Å²) >= 11 is 0. The van der Waals surface area contributed by atoms with Gasteiger partial charge in [-0.3, -0.25) is 0 Å². The van der Waals surface area contributed by atoms with Crippen LogP contribution in [0.15, 0.2) is 12.3 Å². The number of ether oxygens (including phenoxy) is 1. The SMILES string of the molecule is CCC(C)C=COCOOC1CCC1. The maximum atomic E-state index is 5.10. The van der Waals surface area contributed by atoms with Gasteiger partial charge < -0.3 is 4.74 Å². The van der Waals surface area contributed by atoms with E-state index in [-0.39, 0.29) is 6.79 Å². The first kappa shape index (κ1) is 11.5. The van der Waals surface area contributed by atoms with Crippen LogP contribution < -0.4 is 0 Å². The quantitative estimate of drug-likeness (QED) is 0.208. The zero-order valence-corrected chi connectivity index (χ0v) is 9.07. The van der Waals surface area contributed by atoms with Gasteiger partial charge in [-0.2, -0.15) is 4.89 Å². The lowest BCUT2D eigenvalue weighted by Gasteiger charge is -2.23. The fraction of sp³-hybridized carbons (Fsp3) is 0.818. The second kappa shape index (κ2) is 6.85. The third kappa shape index (κ3) is 4.63. The van der Waals surface area contributed by atoms with Gasteiger partial charge in [0.25, 0.3) is 0 Å². The van der Waals surface area contributed by atoms with Crippen LogP contribution in [0.5, 0.6) is 0 Å². The largest absolute Gasteiger partial charge is 0.473 e. The summed E-state index contributed by atoms with van der Waals surface area (Å²) in [5, 5.41) is 0. The van der Waals surface area contributed by atoms with Gasteiger partial charge >= 0.3 is 0 Å². The van der Waals surface area contributed by atoms with Gasteiger partial charge in [0.05, 0.1) is 12.4 Å². The van der Waals surface area contributed by atoms with Gasteiger partial charge in [0, 0.05) is 0 Å². The molecule has 1 fully saturated rings. The molecule has 1 saturated carbocycles. The second-order valence-corrected chi connectivity index (χ2v) is 3.77. The molecule has 0 aromatic heterocycles. The summed E-state index contributed by atoms with van der Waals surface area (Å²) in [7, 11) is 0. The number of rotatable bonds is 7. The Morgan fingerprint density at radius 2 is 2.21 bits per heavy atom. The molecule has 0 heterocycles. The van der Waals surface area contributed by atoms with Crippen molar-refractivity contribution in [2.75, 3.05) is 6.79 Å². The van der Waals surface area contributed by atoms with Crippen LogP contribution >= 0.6 is 0 Å². The molecule has 1 unspecified atom stereocenters. The Hall–Kier alpha value is -0.540. The standard InChI is InChI=1S/C11H20O3/c1-3-10(2)7-8-12-9-13-14-11-5-4-6-11/h7-8,10-11H,3-6,9H2,1-2H3. The second-order valence-electron chi connectivity index (χ2n) is 3.77. The Kier molecular flexibility index (Phi) is 5.64. The third-order valence-electron chi connectivity index (χ3n) is 2.52. The minimum absolute atomic E-state index is 0.184. The van der Waals surface area contributed by atoms with E-state index in [0.717, 1.165) is 19.3 Å². The van der Waals surface area contributed by atoms with Gasteiger partial charge in [-0.1, -0.05) is 13.8 Å². The highest BCUT2D eigenvalue weighted by Gasteiger charge is 2.18.